The van der Waals surface area contributed by atoms with E-state index in [-0.39, 0.29) is 0 Å². The van der Waals surface area contributed by atoms with Gasteiger partial charge in [-0.1, -0.05) is 41.8 Å². The summed E-state index contributed by atoms with van der Waals surface area (Å²) in [4.78, 5) is 0. The van der Waals surface area contributed by atoms with Gasteiger partial charge in [0.1, 0.15) is 0 Å². The average Bonchev–Trinajstić information content (AvgIpc) is 3.15. The van der Waals surface area contributed by atoms with Gasteiger partial charge in [0.2, 0.25) is 0 Å². The number of furan rings is 1. The molecular formula is C15H10N2O2S. The normalized spacial score (nSPS) is 10.0. The molecule has 0 saturated carbocycles. The number of rotatable bonds is 3. The Morgan fingerprint density at radius 3 is 2.75 bits per heavy atom. The summed E-state index contributed by atoms with van der Waals surface area (Å²) in [5.41, 5.74) is 0.995. The van der Waals surface area contributed by atoms with Crippen molar-refractivity contribution in [1.29, 1.82) is 0 Å². The van der Waals surface area contributed by atoms with Crippen LogP contribution in [0.3, 0.4) is 0 Å². The van der Waals surface area contributed by atoms with Crippen LogP contribution in [0, 0.1) is 11.8 Å². The molecule has 0 bridgehead atoms. The van der Waals surface area contributed by atoms with Crippen LogP contribution in [0.25, 0.3) is 11.7 Å². The quantitative estimate of drug-likeness (QED) is 0.544. The van der Waals surface area contributed by atoms with Crippen LogP contribution >= 0.6 is 11.8 Å². The third kappa shape index (κ3) is 3.11. The molecule has 0 radical (unpaired) electrons. The number of hydrogen-bond acceptors (Lipinski definition) is 5. The fourth-order valence-corrected chi connectivity index (χ4v) is 2.03. The molecule has 1 aromatic carbocycles. The highest BCUT2D eigenvalue weighted by atomic mass is 32.2. The molecule has 0 atom stereocenters. The Hall–Kier alpha value is -2.45. The molecule has 0 amide bonds. The van der Waals surface area contributed by atoms with Crippen LogP contribution in [0.15, 0.2) is 62.8 Å². The molecule has 0 saturated heterocycles. The van der Waals surface area contributed by atoms with Crippen LogP contribution in [0.5, 0.6) is 0 Å². The molecule has 3 rings (SSSR count). The first-order chi connectivity index (χ1) is 9.92. The molecule has 2 heterocycles. The van der Waals surface area contributed by atoms with Crippen molar-refractivity contribution in [3.05, 3.63) is 54.3 Å². The zero-order chi connectivity index (χ0) is 13.6. The van der Waals surface area contributed by atoms with Crippen molar-refractivity contribution in [2.45, 2.75) is 5.22 Å². The van der Waals surface area contributed by atoms with E-state index < -0.39 is 0 Å². The van der Waals surface area contributed by atoms with Crippen molar-refractivity contribution in [3.8, 4) is 23.5 Å². The Kier molecular flexibility index (Phi) is 3.86. The van der Waals surface area contributed by atoms with Gasteiger partial charge in [0.25, 0.3) is 11.1 Å². The average molecular weight is 282 g/mol. The van der Waals surface area contributed by atoms with Crippen molar-refractivity contribution in [2.24, 2.45) is 0 Å². The first-order valence-electron chi connectivity index (χ1n) is 5.96. The lowest BCUT2D eigenvalue weighted by Crippen LogP contribution is -1.76. The van der Waals surface area contributed by atoms with Crippen molar-refractivity contribution in [3.63, 3.8) is 0 Å². The minimum Gasteiger partial charge on any atom is -0.459 e. The van der Waals surface area contributed by atoms with Crippen LogP contribution in [-0.4, -0.2) is 16.0 Å². The Bertz CT molecular complexity index is 724. The van der Waals surface area contributed by atoms with Crippen molar-refractivity contribution in [1.82, 2.24) is 10.2 Å². The van der Waals surface area contributed by atoms with E-state index in [0.717, 1.165) is 5.56 Å². The summed E-state index contributed by atoms with van der Waals surface area (Å²) < 4.78 is 10.6. The molecule has 0 unspecified atom stereocenters. The van der Waals surface area contributed by atoms with Gasteiger partial charge in [-0.3, -0.25) is 0 Å². The van der Waals surface area contributed by atoms with E-state index in [9.17, 15) is 0 Å². The lowest BCUT2D eigenvalue weighted by Gasteiger charge is -1.88. The predicted octanol–water partition coefficient (Wildman–Crippen LogP) is 3.47. The summed E-state index contributed by atoms with van der Waals surface area (Å²) in [5.74, 6) is 7.67. The summed E-state index contributed by atoms with van der Waals surface area (Å²) in [6.07, 6.45) is 1.57. The van der Waals surface area contributed by atoms with Gasteiger partial charge in [-0.15, -0.1) is 10.2 Å². The molecule has 0 fully saturated rings. The fourth-order valence-electron chi connectivity index (χ4n) is 1.53. The summed E-state index contributed by atoms with van der Waals surface area (Å²) >= 11 is 1.40. The standard InChI is InChI=1S/C15H10N2O2S/c1-2-6-12(7-3-1)8-5-11-20-15-17-16-14(19-15)13-9-4-10-18-13/h1-4,6-7,9-10H,11H2. The van der Waals surface area contributed by atoms with Crippen LogP contribution in [0.1, 0.15) is 5.56 Å². The van der Waals surface area contributed by atoms with Crippen molar-refractivity contribution in [2.75, 3.05) is 5.75 Å². The number of hydrogen-bond donors (Lipinski definition) is 0. The van der Waals surface area contributed by atoms with Gasteiger partial charge in [-0.05, 0) is 24.3 Å². The van der Waals surface area contributed by atoms with E-state index in [4.69, 9.17) is 8.83 Å². The van der Waals surface area contributed by atoms with Crippen LogP contribution in [0.2, 0.25) is 0 Å². The van der Waals surface area contributed by atoms with E-state index in [0.29, 0.717) is 22.6 Å². The van der Waals surface area contributed by atoms with E-state index in [1.807, 2.05) is 30.3 Å². The SMILES string of the molecule is C(#Cc1ccccc1)CSc1nnc(-c2ccco2)o1. The predicted molar refractivity (Wildman–Crippen MR) is 76.0 cm³/mol. The topological polar surface area (TPSA) is 52.1 Å². The third-order valence-corrected chi connectivity index (χ3v) is 3.11. The molecule has 3 aromatic rings. The summed E-state index contributed by atoms with van der Waals surface area (Å²) in [6.45, 7) is 0. The number of nitrogens with zero attached hydrogens (tertiary/aromatic N) is 2. The first-order valence-corrected chi connectivity index (χ1v) is 6.94. The Morgan fingerprint density at radius 1 is 1.05 bits per heavy atom. The molecule has 0 aliphatic carbocycles. The highest BCUT2D eigenvalue weighted by Gasteiger charge is 2.10. The lowest BCUT2D eigenvalue weighted by atomic mass is 10.2. The van der Waals surface area contributed by atoms with Crippen molar-refractivity contribution < 1.29 is 8.83 Å². The summed E-state index contributed by atoms with van der Waals surface area (Å²) in [6, 6.07) is 13.4. The monoisotopic (exact) mass is 282 g/mol. The molecule has 0 aliphatic rings. The van der Waals surface area contributed by atoms with E-state index in [1.165, 1.54) is 11.8 Å². The van der Waals surface area contributed by atoms with E-state index in [1.54, 1.807) is 18.4 Å². The Labute approximate surface area is 120 Å². The largest absolute Gasteiger partial charge is 0.459 e. The summed E-state index contributed by atoms with van der Waals surface area (Å²) in [5, 5.41) is 8.34. The second-order valence-electron chi connectivity index (χ2n) is 3.81. The van der Waals surface area contributed by atoms with Crippen LogP contribution in [-0.2, 0) is 0 Å². The van der Waals surface area contributed by atoms with E-state index in [2.05, 4.69) is 22.0 Å². The maximum absolute atomic E-state index is 5.46. The fraction of sp³-hybridized carbons (Fsp3) is 0.0667. The molecule has 98 valence electrons. The van der Waals surface area contributed by atoms with Gasteiger partial charge in [0, 0.05) is 5.56 Å². The molecule has 20 heavy (non-hydrogen) atoms. The lowest BCUT2D eigenvalue weighted by molar-refractivity contribution is 0.447. The molecule has 5 heteroatoms. The zero-order valence-corrected chi connectivity index (χ0v) is 11.3. The van der Waals surface area contributed by atoms with Crippen molar-refractivity contribution >= 4 is 11.8 Å². The number of benzene rings is 1. The first kappa shape index (κ1) is 12.6. The number of aromatic nitrogens is 2. The minimum atomic E-state index is 0.383. The molecule has 0 aliphatic heterocycles. The maximum atomic E-state index is 5.46. The van der Waals surface area contributed by atoms with Gasteiger partial charge in [0.15, 0.2) is 5.76 Å². The highest BCUT2D eigenvalue weighted by molar-refractivity contribution is 7.99. The third-order valence-electron chi connectivity index (χ3n) is 2.41. The second kappa shape index (κ2) is 6.13. The molecule has 0 spiro atoms. The van der Waals surface area contributed by atoms with Gasteiger partial charge in [0.05, 0.1) is 12.0 Å². The Balaban J connectivity index is 1.59. The van der Waals surface area contributed by atoms with Gasteiger partial charge >= 0.3 is 0 Å². The molecule has 0 N–H and O–H groups in total. The summed E-state index contributed by atoms with van der Waals surface area (Å²) in [7, 11) is 0. The van der Waals surface area contributed by atoms with Crippen LogP contribution in [0.4, 0.5) is 0 Å². The van der Waals surface area contributed by atoms with Crippen LogP contribution < -0.4 is 0 Å². The molecular weight excluding hydrogens is 272 g/mol. The molecule has 2 aromatic heterocycles. The van der Waals surface area contributed by atoms with Gasteiger partial charge in [-0.2, -0.15) is 0 Å². The zero-order valence-electron chi connectivity index (χ0n) is 10.4. The minimum absolute atomic E-state index is 0.383. The van der Waals surface area contributed by atoms with Gasteiger partial charge in [-0.25, -0.2) is 0 Å². The smallest absolute Gasteiger partial charge is 0.284 e. The highest BCUT2D eigenvalue weighted by Crippen LogP contribution is 2.22. The maximum Gasteiger partial charge on any atom is 0.284 e. The number of thioether (sulfide) groups is 1. The second-order valence-corrected chi connectivity index (χ2v) is 4.73. The van der Waals surface area contributed by atoms with E-state index >= 15 is 0 Å². The Morgan fingerprint density at radius 2 is 1.95 bits per heavy atom. The molecule has 4 nitrogen and oxygen atoms in total. The van der Waals surface area contributed by atoms with Gasteiger partial charge < -0.3 is 8.83 Å².